The summed E-state index contributed by atoms with van der Waals surface area (Å²) in [4.78, 5) is 27.2. The van der Waals surface area contributed by atoms with Gasteiger partial charge >= 0.3 is 0 Å². The molecule has 1 aromatic heterocycles. The number of carbonyl (C=O) groups is 2. The molecule has 0 saturated carbocycles. The van der Waals surface area contributed by atoms with Crippen molar-refractivity contribution in [2.45, 2.75) is 13.8 Å². The number of hydrogen-bond acceptors (Lipinski definition) is 3. The summed E-state index contributed by atoms with van der Waals surface area (Å²) in [5, 5.41) is 5.42. The zero-order valence-electron chi connectivity index (χ0n) is 11.1. The van der Waals surface area contributed by atoms with Crippen LogP contribution in [0.1, 0.15) is 24.2 Å². The summed E-state index contributed by atoms with van der Waals surface area (Å²) in [6.07, 6.45) is 3.09. The van der Waals surface area contributed by atoms with Crippen LogP contribution in [0, 0.1) is 5.41 Å². The van der Waals surface area contributed by atoms with Crippen LogP contribution in [0.4, 0.5) is 0 Å². The molecule has 0 saturated heterocycles. The van der Waals surface area contributed by atoms with Gasteiger partial charge in [0.2, 0.25) is 5.91 Å². The normalized spacial score (nSPS) is 10.9. The van der Waals surface area contributed by atoms with Crippen LogP contribution >= 0.6 is 11.6 Å². The van der Waals surface area contributed by atoms with Crippen LogP contribution in [0.5, 0.6) is 0 Å². The van der Waals surface area contributed by atoms with E-state index in [0.717, 1.165) is 0 Å². The number of carbonyl (C=O) groups excluding carboxylic acids is 2. The molecular weight excluding hydrogens is 266 g/mol. The van der Waals surface area contributed by atoms with E-state index in [1.54, 1.807) is 32.2 Å². The van der Waals surface area contributed by atoms with Crippen molar-refractivity contribution in [1.82, 2.24) is 15.6 Å². The zero-order chi connectivity index (χ0) is 14.3. The number of hydrogen-bond donors (Lipinski definition) is 2. The fourth-order valence-corrected chi connectivity index (χ4v) is 1.37. The summed E-state index contributed by atoms with van der Waals surface area (Å²) < 4.78 is 0. The summed E-state index contributed by atoms with van der Waals surface area (Å²) in [7, 11) is 0. The van der Waals surface area contributed by atoms with Crippen molar-refractivity contribution in [1.29, 1.82) is 0 Å². The Hall–Kier alpha value is -1.62. The molecule has 2 amide bonds. The van der Waals surface area contributed by atoms with E-state index >= 15 is 0 Å². The average Bonchev–Trinajstić information content (AvgIpc) is 2.43. The third-order valence-electron chi connectivity index (χ3n) is 2.57. The maximum atomic E-state index is 11.7. The number of rotatable bonds is 6. The van der Waals surface area contributed by atoms with Crippen molar-refractivity contribution < 1.29 is 9.59 Å². The van der Waals surface area contributed by atoms with Gasteiger partial charge in [-0.3, -0.25) is 14.6 Å². The summed E-state index contributed by atoms with van der Waals surface area (Å²) in [6, 6.07) is 3.37. The number of alkyl halides is 1. The standard InChI is InChI=1S/C13H18ClN3O2/c1-13(2,9-14)12(19)17-7-6-16-11(18)10-4-3-5-15-8-10/h3-5,8H,6-7,9H2,1-2H3,(H,16,18)(H,17,19). The van der Waals surface area contributed by atoms with Crippen molar-refractivity contribution in [2.75, 3.05) is 19.0 Å². The highest BCUT2D eigenvalue weighted by Crippen LogP contribution is 2.16. The molecule has 0 aliphatic heterocycles. The van der Waals surface area contributed by atoms with E-state index in [9.17, 15) is 9.59 Å². The molecule has 6 heteroatoms. The van der Waals surface area contributed by atoms with Gasteiger partial charge in [0.25, 0.3) is 5.91 Å². The van der Waals surface area contributed by atoms with E-state index in [4.69, 9.17) is 11.6 Å². The summed E-state index contributed by atoms with van der Waals surface area (Å²) in [5.74, 6) is -0.0852. The largest absolute Gasteiger partial charge is 0.354 e. The van der Waals surface area contributed by atoms with Crippen LogP contribution in [0.25, 0.3) is 0 Å². The molecule has 1 rings (SSSR count). The minimum Gasteiger partial charge on any atom is -0.354 e. The molecule has 0 radical (unpaired) electrons. The quantitative estimate of drug-likeness (QED) is 0.609. The fourth-order valence-electron chi connectivity index (χ4n) is 1.25. The first kappa shape index (κ1) is 15.4. The zero-order valence-corrected chi connectivity index (χ0v) is 11.8. The van der Waals surface area contributed by atoms with E-state index in [1.165, 1.54) is 6.20 Å². The number of nitrogens with one attached hydrogen (secondary N) is 2. The van der Waals surface area contributed by atoms with E-state index in [1.807, 2.05) is 0 Å². The molecule has 0 spiro atoms. The minimum absolute atomic E-state index is 0.127. The van der Waals surface area contributed by atoms with Crippen LogP contribution in [0.2, 0.25) is 0 Å². The molecule has 0 aromatic carbocycles. The highest BCUT2D eigenvalue weighted by molar-refractivity contribution is 6.19. The lowest BCUT2D eigenvalue weighted by molar-refractivity contribution is -0.128. The molecule has 0 fully saturated rings. The van der Waals surface area contributed by atoms with Gasteiger partial charge in [-0.1, -0.05) is 0 Å². The van der Waals surface area contributed by atoms with Crippen LogP contribution in [0.15, 0.2) is 24.5 Å². The molecule has 1 aromatic rings. The lowest BCUT2D eigenvalue weighted by atomic mass is 9.95. The molecule has 2 N–H and O–H groups in total. The highest BCUT2D eigenvalue weighted by atomic mass is 35.5. The Bertz CT molecular complexity index is 435. The monoisotopic (exact) mass is 283 g/mol. The van der Waals surface area contributed by atoms with E-state index in [-0.39, 0.29) is 17.7 Å². The predicted octanol–water partition coefficient (Wildman–Crippen LogP) is 1.19. The Morgan fingerprint density at radius 1 is 1.32 bits per heavy atom. The van der Waals surface area contributed by atoms with Gasteiger partial charge in [-0.25, -0.2) is 0 Å². The van der Waals surface area contributed by atoms with E-state index in [2.05, 4.69) is 15.6 Å². The molecule has 0 atom stereocenters. The number of aromatic nitrogens is 1. The van der Waals surface area contributed by atoms with Gasteiger partial charge in [0.05, 0.1) is 11.0 Å². The second-order valence-electron chi connectivity index (χ2n) is 4.77. The first-order valence-corrected chi connectivity index (χ1v) is 6.53. The SMILES string of the molecule is CC(C)(CCl)C(=O)NCCNC(=O)c1cccnc1. The third-order valence-corrected chi connectivity index (χ3v) is 3.24. The van der Waals surface area contributed by atoms with Crippen molar-refractivity contribution in [2.24, 2.45) is 5.41 Å². The average molecular weight is 284 g/mol. The number of pyridine rings is 1. The fraction of sp³-hybridized carbons (Fsp3) is 0.462. The molecule has 0 aliphatic carbocycles. The van der Waals surface area contributed by atoms with Crippen molar-refractivity contribution in [3.63, 3.8) is 0 Å². The van der Waals surface area contributed by atoms with Gasteiger partial charge in [-0.2, -0.15) is 0 Å². The van der Waals surface area contributed by atoms with Crippen LogP contribution in [0.3, 0.4) is 0 Å². The summed E-state index contributed by atoms with van der Waals surface area (Å²) in [5.41, 5.74) is -0.107. The van der Waals surface area contributed by atoms with Crippen LogP contribution < -0.4 is 10.6 Å². The summed E-state index contributed by atoms with van der Waals surface area (Å²) in [6.45, 7) is 4.26. The van der Waals surface area contributed by atoms with Gasteiger partial charge in [0.15, 0.2) is 0 Å². The topological polar surface area (TPSA) is 71.1 Å². The Kier molecular flexibility index (Phi) is 5.76. The second kappa shape index (κ2) is 7.09. The smallest absolute Gasteiger partial charge is 0.252 e. The van der Waals surface area contributed by atoms with Crippen molar-refractivity contribution >= 4 is 23.4 Å². The van der Waals surface area contributed by atoms with Crippen LogP contribution in [-0.4, -0.2) is 35.8 Å². The first-order chi connectivity index (χ1) is 8.97. The Labute approximate surface area is 117 Å². The van der Waals surface area contributed by atoms with E-state index < -0.39 is 5.41 Å². The summed E-state index contributed by atoms with van der Waals surface area (Å²) >= 11 is 5.69. The van der Waals surface area contributed by atoms with Gasteiger partial charge in [0, 0.05) is 31.4 Å². The molecule has 19 heavy (non-hydrogen) atoms. The number of nitrogens with zero attached hydrogens (tertiary/aromatic N) is 1. The molecule has 0 bridgehead atoms. The molecule has 0 aliphatic rings. The van der Waals surface area contributed by atoms with Crippen molar-refractivity contribution in [3.05, 3.63) is 30.1 Å². The molecular formula is C13H18ClN3O2. The van der Waals surface area contributed by atoms with Gasteiger partial charge in [-0.15, -0.1) is 11.6 Å². The second-order valence-corrected chi connectivity index (χ2v) is 5.04. The lowest BCUT2D eigenvalue weighted by Gasteiger charge is -2.20. The Morgan fingerprint density at radius 3 is 2.58 bits per heavy atom. The highest BCUT2D eigenvalue weighted by Gasteiger charge is 2.25. The van der Waals surface area contributed by atoms with E-state index in [0.29, 0.717) is 18.7 Å². The number of halogens is 1. The third kappa shape index (κ3) is 4.87. The van der Waals surface area contributed by atoms with Gasteiger partial charge in [0.1, 0.15) is 0 Å². The maximum absolute atomic E-state index is 11.7. The minimum atomic E-state index is -0.602. The Morgan fingerprint density at radius 2 is 2.00 bits per heavy atom. The lowest BCUT2D eigenvalue weighted by Crippen LogP contribution is -2.41. The van der Waals surface area contributed by atoms with Gasteiger partial charge in [-0.05, 0) is 26.0 Å². The molecule has 1 heterocycles. The van der Waals surface area contributed by atoms with Crippen LogP contribution in [-0.2, 0) is 4.79 Å². The van der Waals surface area contributed by atoms with Gasteiger partial charge < -0.3 is 10.6 Å². The molecule has 0 unspecified atom stereocenters. The molecule has 5 nitrogen and oxygen atoms in total. The molecule has 104 valence electrons. The first-order valence-electron chi connectivity index (χ1n) is 6.00. The maximum Gasteiger partial charge on any atom is 0.252 e. The number of amides is 2. The van der Waals surface area contributed by atoms with Crippen molar-refractivity contribution in [3.8, 4) is 0 Å². The predicted molar refractivity (Wildman–Crippen MR) is 74.1 cm³/mol. The Balaban J connectivity index is 2.29.